The number of oxime groups is 1. The predicted molar refractivity (Wildman–Crippen MR) is 135 cm³/mol. The van der Waals surface area contributed by atoms with Crippen molar-refractivity contribution in [3.63, 3.8) is 0 Å². The maximum atomic E-state index is 13.1. The highest BCUT2D eigenvalue weighted by molar-refractivity contribution is 8.00. The maximum Gasteiger partial charge on any atom is 0.358 e. The van der Waals surface area contributed by atoms with Crippen molar-refractivity contribution in [2.45, 2.75) is 32.2 Å². The molecule has 1 aromatic rings. The van der Waals surface area contributed by atoms with Crippen LogP contribution in [-0.2, 0) is 47.8 Å². The zero-order valence-corrected chi connectivity index (χ0v) is 22.5. The van der Waals surface area contributed by atoms with Gasteiger partial charge in [-0.25, -0.2) is 14.6 Å². The molecule has 3 rings (SSSR count). The number of carbonyl (C=O) groups excluding carboxylic acids is 6. The van der Waals surface area contributed by atoms with E-state index in [1.807, 2.05) is 0 Å². The third-order valence-corrected chi connectivity index (χ3v) is 6.85. The molecule has 0 bridgehead atoms. The molecule has 1 saturated heterocycles. The van der Waals surface area contributed by atoms with Gasteiger partial charge in [-0.3, -0.25) is 24.1 Å². The fourth-order valence-electron chi connectivity index (χ4n) is 3.27. The van der Waals surface area contributed by atoms with Crippen molar-refractivity contribution in [2.24, 2.45) is 5.16 Å². The monoisotopic (exact) mass is 581 g/mol. The summed E-state index contributed by atoms with van der Waals surface area (Å²) in [6.45, 7) is 2.72. The van der Waals surface area contributed by atoms with Gasteiger partial charge in [0, 0.05) is 31.9 Å². The first-order valence-electron chi connectivity index (χ1n) is 11.1. The van der Waals surface area contributed by atoms with Gasteiger partial charge in [0.1, 0.15) is 29.4 Å². The average molecular weight is 582 g/mol. The van der Waals surface area contributed by atoms with E-state index in [1.54, 1.807) is 0 Å². The number of esters is 3. The molecule has 1 fully saturated rings. The molecule has 2 atom stereocenters. The number of nitrogens with zero attached hydrogens (tertiary/aromatic N) is 3. The van der Waals surface area contributed by atoms with E-state index in [4.69, 9.17) is 15.2 Å². The lowest BCUT2D eigenvalue weighted by Gasteiger charge is -2.49. The number of anilines is 1. The second-order valence-electron chi connectivity index (χ2n) is 7.72. The number of allylic oxidation sites excluding steroid dienone is 1. The molecule has 0 aliphatic carbocycles. The zero-order valence-electron chi connectivity index (χ0n) is 20.8. The smallest absolute Gasteiger partial charge is 0.358 e. The summed E-state index contributed by atoms with van der Waals surface area (Å²) in [5.41, 5.74) is 5.54. The van der Waals surface area contributed by atoms with Gasteiger partial charge in [0.2, 0.25) is 6.79 Å². The second kappa shape index (κ2) is 13.0. The summed E-state index contributed by atoms with van der Waals surface area (Å²) in [6, 6.07) is -1.08. The molecule has 0 unspecified atom stereocenters. The summed E-state index contributed by atoms with van der Waals surface area (Å²) in [7, 11) is 0. The number of fused-ring (bicyclic) bond motifs is 1. The number of nitrogens with one attached hydrogen (secondary N) is 1. The van der Waals surface area contributed by atoms with Crippen molar-refractivity contribution in [1.82, 2.24) is 15.2 Å². The summed E-state index contributed by atoms with van der Waals surface area (Å²) in [6.07, 6.45) is 2.99. The minimum absolute atomic E-state index is 0.0333. The summed E-state index contributed by atoms with van der Waals surface area (Å²) in [4.78, 5) is 82.0. The Labute approximate surface area is 229 Å². The molecule has 208 valence electrons. The molecule has 1 aromatic heterocycles. The summed E-state index contributed by atoms with van der Waals surface area (Å²) < 4.78 is 14.5. The van der Waals surface area contributed by atoms with Crippen LogP contribution in [0.1, 0.15) is 26.5 Å². The van der Waals surface area contributed by atoms with Gasteiger partial charge in [-0.1, -0.05) is 11.2 Å². The number of aromatic nitrogens is 1. The standard InChI is InChI=1S/C22H23N5O10S2/c1-10(28)34-6-4-5-13-7-38-20-16(19(32)27(20)17(13)21(33)36-9-35-11(2)29)25-18(31)15(26-37-12(3)30)14-8-39-22(23)24-14/h4-5,8,16,20H,6-7,9H2,1-3H3,(H2,23,24)(H,25,31)/b5-4+,26-15-/t16-,20+/m1/s1. The van der Waals surface area contributed by atoms with E-state index in [1.165, 1.54) is 36.2 Å². The lowest BCUT2D eigenvalue weighted by molar-refractivity contribution is -0.166. The van der Waals surface area contributed by atoms with Crippen LogP contribution >= 0.6 is 23.1 Å². The van der Waals surface area contributed by atoms with Crippen molar-refractivity contribution in [2.75, 3.05) is 24.9 Å². The Morgan fingerprint density at radius 3 is 2.49 bits per heavy atom. The minimum atomic E-state index is -1.08. The molecule has 0 aromatic carbocycles. The van der Waals surface area contributed by atoms with Crippen molar-refractivity contribution >= 4 is 69.6 Å². The topological polar surface area (TPSA) is 206 Å². The van der Waals surface area contributed by atoms with E-state index in [2.05, 4.69) is 25.0 Å². The van der Waals surface area contributed by atoms with Gasteiger partial charge in [-0.2, -0.15) is 0 Å². The van der Waals surface area contributed by atoms with E-state index in [9.17, 15) is 28.8 Å². The summed E-state index contributed by atoms with van der Waals surface area (Å²) in [5.74, 6) is -4.19. The molecule has 2 amide bonds. The number of carbonyl (C=O) groups is 6. The van der Waals surface area contributed by atoms with Crippen LogP contribution in [0.2, 0.25) is 0 Å². The highest BCUT2D eigenvalue weighted by atomic mass is 32.2. The molecule has 2 aliphatic heterocycles. The Bertz CT molecular complexity index is 1290. The summed E-state index contributed by atoms with van der Waals surface area (Å²) in [5, 5.41) is 6.93. The lowest BCUT2D eigenvalue weighted by atomic mass is 10.0. The Morgan fingerprint density at radius 2 is 1.87 bits per heavy atom. The van der Waals surface area contributed by atoms with Crippen molar-refractivity contribution in [3.05, 3.63) is 34.5 Å². The lowest BCUT2D eigenvalue weighted by Crippen LogP contribution is -2.71. The number of ether oxygens (including phenoxy) is 3. The minimum Gasteiger partial charge on any atom is -0.462 e. The van der Waals surface area contributed by atoms with E-state index >= 15 is 0 Å². The molecule has 3 N–H and O–H groups in total. The van der Waals surface area contributed by atoms with E-state index in [0.29, 0.717) is 5.57 Å². The number of hydrogen-bond donors (Lipinski definition) is 2. The number of thioether (sulfide) groups is 1. The van der Waals surface area contributed by atoms with Gasteiger partial charge in [0.05, 0.1) is 0 Å². The van der Waals surface area contributed by atoms with E-state index in [0.717, 1.165) is 30.1 Å². The second-order valence-corrected chi connectivity index (χ2v) is 9.71. The van der Waals surface area contributed by atoms with Gasteiger partial charge in [-0.15, -0.1) is 23.1 Å². The molecule has 17 heteroatoms. The van der Waals surface area contributed by atoms with Crippen LogP contribution in [0.5, 0.6) is 0 Å². The molecule has 0 spiro atoms. The summed E-state index contributed by atoms with van der Waals surface area (Å²) >= 11 is 2.27. The first-order chi connectivity index (χ1) is 18.5. The van der Waals surface area contributed by atoms with Gasteiger partial charge >= 0.3 is 23.9 Å². The SMILES string of the molecule is CC(=O)OC/C=C/C1=C(C(=O)OCOC(C)=O)N2C(=O)[C@@H](NC(=O)/C(=N\OC(C)=O)c3csc(N)n3)[C@@H]2SC1. The quantitative estimate of drug-likeness (QED) is 0.0920. The normalized spacial score (nSPS) is 18.7. The van der Waals surface area contributed by atoms with Crippen molar-refractivity contribution in [3.8, 4) is 0 Å². The van der Waals surface area contributed by atoms with Gasteiger partial charge in [0.25, 0.3) is 11.8 Å². The molecule has 39 heavy (non-hydrogen) atoms. The van der Waals surface area contributed by atoms with Crippen LogP contribution < -0.4 is 11.1 Å². The predicted octanol–water partition coefficient (Wildman–Crippen LogP) is -0.170. The Kier molecular flexibility index (Phi) is 9.78. The zero-order chi connectivity index (χ0) is 28.7. The van der Waals surface area contributed by atoms with Crippen LogP contribution in [0.15, 0.2) is 34.0 Å². The van der Waals surface area contributed by atoms with Crippen LogP contribution in [0.4, 0.5) is 5.13 Å². The molecule has 2 aliphatic rings. The van der Waals surface area contributed by atoms with Crippen molar-refractivity contribution in [1.29, 1.82) is 0 Å². The molecular formula is C22H23N5O10S2. The largest absolute Gasteiger partial charge is 0.462 e. The number of rotatable bonds is 10. The number of thiazole rings is 1. The maximum absolute atomic E-state index is 13.1. The highest BCUT2D eigenvalue weighted by Gasteiger charge is 2.54. The van der Waals surface area contributed by atoms with E-state index < -0.39 is 53.9 Å². The number of nitrogens with two attached hydrogens (primary N) is 1. The third-order valence-electron chi connectivity index (χ3n) is 4.88. The number of amides is 2. The van der Waals surface area contributed by atoms with Crippen LogP contribution in [0.25, 0.3) is 0 Å². The average Bonchev–Trinajstić information content (AvgIpc) is 3.29. The van der Waals surface area contributed by atoms with Gasteiger partial charge in [-0.05, 0) is 11.6 Å². The fourth-order valence-corrected chi connectivity index (χ4v) is 5.14. The van der Waals surface area contributed by atoms with Crippen LogP contribution in [0, 0.1) is 0 Å². The van der Waals surface area contributed by atoms with E-state index in [-0.39, 0.29) is 34.6 Å². The van der Waals surface area contributed by atoms with Crippen LogP contribution in [-0.4, -0.2) is 81.9 Å². The molecule has 3 heterocycles. The molecule has 15 nitrogen and oxygen atoms in total. The van der Waals surface area contributed by atoms with Gasteiger partial charge < -0.3 is 30.1 Å². The number of β-lactam (4-membered cyclic amide) rings is 1. The van der Waals surface area contributed by atoms with Crippen molar-refractivity contribution < 1.29 is 47.8 Å². The Balaban J connectivity index is 1.81. The number of hydrogen-bond acceptors (Lipinski definition) is 15. The fraction of sp³-hybridized carbons (Fsp3) is 0.364. The Hall–Kier alpha value is -4.25. The van der Waals surface area contributed by atoms with Gasteiger partial charge in [0.15, 0.2) is 10.8 Å². The first-order valence-corrected chi connectivity index (χ1v) is 13.0. The molecule has 0 saturated carbocycles. The third kappa shape index (κ3) is 7.41. The number of nitrogen functional groups attached to an aromatic ring is 1. The Morgan fingerprint density at radius 1 is 1.15 bits per heavy atom. The first kappa shape index (κ1) is 29.3. The molecule has 0 radical (unpaired) electrons. The van der Waals surface area contributed by atoms with Crippen LogP contribution in [0.3, 0.4) is 0 Å². The highest BCUT2D eigenvalue weighted by Crippen LogP contribution is 2.41. The molecular weight excluding hydrogens is 558 g/mol.